The molecular weight excluding hydrogens is 466 g/mol. The number of hydrogen-bond donors (Lipinski definition) is 1. The van der Waals surface area contributed by atoms with Gasteiger partial charge in [-0.15, -0.1) is 28.0 Å². The molecule has 2 aromatic rings. The van der Waals surface area contributed by atoms with Crippen LogP contribution in [0.15, 0.2) is 24.5 Å². The molecule has 0 spiro atoms. The molecule has 0 bridgehead atoms. The van der Waals surface area contributed by atoms with Gasteiger partial charge in [-0.1, -0.05) is 12.8 Å². The van der Waals surface area contributed by atoms with Gasteiger partial charge in [-0.3, -0.25) is 19.3 Å². The molecule has 1 aliphatic carbocycles. The third kappa shape index (κ3) is 4.44. The third-order valence-corrected chi connectivity index (χ3v) is 8.08. The van der Waals surface area contributed by atoms with Gasteiger partial charge in [0.25, 0.3) is 5.91 Å². The zero-order valence-corrected chi connectivity index (χ0v) is 19.4. The number of ether oxygens (including phenoxy) is 1. The molecule has 1 amide bonds. The van der Waals surface area contributed by atoms with Crippen molar-refractivity contribution in [3.63, 3.8) is 0 Å². The molecule has 3 aliphatic rings. The lowest BCUT2D eigenvalue weighted by Gasteiger charge is -2.39. The Morgan fingerprint density at radius 3 is 2.97 bits per heavy atom. The molecule has 1 unspecified atom stereocenters. The summed E-state index contributed by atoms with van der Waals surface area (Å²) in [7, 11) is 0. The van der Waals surface area contributed by atoms with E-state index < -0.39 is 5.91 Å². The lowest BCUT2D eigenvalue weighted by atomic mass is 9.80. The van der Waals surface area contributed by atoms with E-state index in [0.717, 1.165) is 30.6 Å². The second-order valence-electron chi connectivity index (χ2n) is 8.65. The van der Waals surface area contributed by atoms with Crippen molar-refractivity contribution in [1.82, 2.24) is 25.4 Å². The highest BCUT2D eigenvalue weighted by Gasteiger charge is 2.53. The van der Waals surface area contributed by atoms with E-state index >= 15 is 0 Å². The van der Waals surface area contributed by atoms with Crippen molar-refractivity contribution in [1.29, 1.82) is 0 Å². The molecule has 174 valence electrons. The second kappa shape index (κ2) is 9.54. The molecule has 5 atom stereocenters. The Morgan fingerprint density at radius 2 is 2.15 bits per heavy atom. The number of nitrogens with zero attached hydrogens (tertiary/aromatic N) is 4. The van der Waals surface area contributed by atoms with E-state index in [-0.39, 0.29) is 59.2 Å². The molecule has 0 radical (unpaired) electrons. The fraction of sp³-hybridized carbons (Fsp3) is 0.545. The Hall–Kier alpha value is -2.27. The number of carbonyl (C=O) groups is 3. The Balaban J connectivity index is 1.23. The van der Waals surface area contributed by atoms with Gasteiger partial charge in [0.1, 0.15) is 12.3 Å². The lowest BCUT2D eigenvalue weighted by Crippen LogP contribution is -2.52. The van der Waals surface area contributed by atoms with Crippen LogP contribution in [-0.2, 0) is 14.3 Å². The smallest absolute Gasteiger partial charge is 0.280 e. The van der Waals surface area contributed by atoms with Crippen LogP contribution in [0.5, 0.6) is 0 Å². The Kier molecular flexibility index (Phi) is 6.51. The highest BCUT2D eigenvalue weighted by atomic mass is 35.5. The average Bonchev–Trinajstić information content (AvgIpc) is 3.56. The molecule has 4 heterocycles. The molecule has 2 saturated heterocycles. The Labute approximate surface area is 199 Å². The number of amides is 1. The number of fused-ring (bicyclic) bond motifs is 1. The van der Waals surface area contributed by atoms with Gasteiger partial charge in [0.2, 0.25) is 0 Å². The topological polar surface area (TPSA) is 114 Å². The van der Waals surface area contributed by atoms with Crippen LogP contribution in [0.25, 0.3) is 10.6 Å². The fourth-order valence-electron chi connectivity index (χ4n) is 5.16. The summed E-state index contributed by atoms with van der Waals surface area (Å²) in [5, 5.41) is 10.6. The van der Waals surface area contributed by atoms with Crippen molar-refractivity contribution in [2.45, 2.75) is 49.2 Å². The third-order valence-electron chi connectivity index (χ3n) is 6.68. The van der Waals surface area contributed by atoms with E-state index in [1.54, 1.807) is 24.5 Å². The van der Waals surface area contributed by atoms with Crippen LogP contribution in [-0.4, -0.2) is 80.8 Å². The maximum absolute atomic E-state index is 13.2. The van der Waals surface area contributed by atoms with Gasteiger partial charge < -0.3 is 10.1 Å². The van der Waals surface area contributed by atoms with Crippen LogP contribution in [0.4, 0.5) is 0 Å². The summed E-state index contributed by atoms with van der Waals surface area (Å²) in [6.45, 7) is 0.547. The van der Waals surface area contributed by atoms with E-state index in [1.165, 1.54) is 11.3 Å². The molecule has 1 N–H and O–H groups in total. The largest absolute Gasteiger partial charge is 0.367 e. The van der Waals surface area contributed by atoms with Crippen LogP contribution in [0.2, 0.25) is 0 Å². The number of carbonyl (C=O) groups excluding carboxylic acids is 3. The SMILES string of the molecule is O=C(NCC(=O)[C@H]1CCCCC1N1C[C@H](Cl)[C@H]2OCC(=O)[C@H]21)c1ncc(-c2cccnn2)s1. The molecule has 2 aliphatic heterocycles. The Morgan fingerprint density at radius 1 is 1.30 bits per heavy atom. The van der Waals surface area contributed by atoms with Crippen LogP contribution < -0.4 is 5.32 Å². The fourth-order valence-corrected chi connectivity index (χ4v) is 6.33. The van der Waals surface area contributed by atoms with Crippen molar-refractivity contribution in [3.05, 3.63) is 29.5 Å². The first kappa shape index (κ1) is 22.5. The summed E-state index contributed by atoms with van der Waals surface area (Å²) in [4.78, 5) is 45.2. The maximum Gasteiger partial charge on any atom is 0.280 e. The van der Waals surface area contributed by atoms with Gasteiger partial charge in [-0.25, -0.2) is 4.98 Å². The number of halogens is 1. The summed E-state index contributed by atoms with van der Waals surface area (Å²) >= 11 is 7.66. The molecule has 9 nitrogen and oxygen atoms in total. The van der Waals surface area contributed by atoms with Crippen molar-refractivity contribution >= 4 is 40.4 Å². The number of rotatable bonds is 6. The second-order valence-corrected chi connectivity index (χ2v) is 10.2. The molecular formula is C22H24ClN5O4S. The number of likely N-dealkylation sites (tertiary alicyclic amines) is 1. The highest BCUT2D eigenvalue weighted by molar-refractivity contribution is 7.16. The zero-order valence-electron chi connectivity index (χ0n) is 17.9. The highest BCUT2D eigenvalue weighted by Crippen LogP contribution is 2.38. The quantitative estimate of drug-likeness (QED) is 0.610. The summed E-state index contributed by atoms with van der Waals surface area (Å²) in [6, 6.07) is 3.13. The summed E-state index contributed by atoms with van der Waals surface area (Å²) < 4.78 is 5.60. The van der Waals surface area contributed by atoms with E-state index in [1.807, 2.05) is 0 Å². The van der Waals surface area contributed by atoms with Gasteiger partial charge in [-0.05, 0) is 25.0 Å². The number of aromatic nitrogens is 3. The number of thiazole rings is 1. The van der Waals surface area contributed by atoms with Gasteiger partial charge in [0, 0.05) is 30.9 Å². The maximum atomic E-state index is 13.2. The number of ketones is 2. The molecule has 3 fully saturated rings. The molecule has 5 rings (SSSR count). The molecule has 33 heavy (non-hydrogen) atoms. The van der Waals surface area contributed by atoms with Crippen molar-refractivity contribution in [3.8, 4) is 10.6 Å². The first-order chi connectivity index (χ1) is 16.0. The first-order valence-electron chi connectivity index (χ1n) is 11.1. The van der Waals surface area contributed by atoms with Crippen LogP contribution >= 0.6 is 22.9 Å². The van der Waals surface area contributed by atoms with Crippen LogP contribution in [0, 0.1) is 5.92 Å². The molecule has 0 aromatic carbocycles. The van der Waals surface area contributed by atoms with Crippen LogP contribution in [0.3, 0.4) is 0 Å². The van der Waals surface area contributed by atoms with E-state index in [9.17, 15) is 14.4 Å². The standard InChI is InChI=1S/C22H24ClN5O4S/c23-13-10-28(19-17(30)11-32-20(13)19)15-6-2-1-4-12(15)16(29)8-24-21(31)22-25-9-18(33-22)14-5-3-7-26-27-14/h3,5,7,9,12-13,15,19-20H,1-2,4,6,8,10-11H2,(H,24,31)/t12-,13-,15?,19+,20+/m0/s1. The first-order valence-corrected chi connectivity index (χ1v) is 12.4. The normalized spacial score (nSPS) is 29.7. The van der Waals surface area contributed by atoms with Crippen molar-refractivity contribution in [2.24, 2.45) is 5.92 Å². The number of nitrogens with one attached hydrogen (secondary N) is 1. The molecule has 1 saturated carbocycles. The molecule has 11 heteroatoms. The van der Waals surface area contributed by atoms with E-state index in [4.69, 9.17) is 16.3 Å². The van der Waals surface area contributed by atoms with Gasteiger partial charge in [-0.2, -0.15) is 5.10 Å². The van der Waals surface area contributed by atoms with Crippen LogP contribution in [0.1, 0.15) is 35.5 Å². The number of alkyl halides is 1. The Bertz CT molecular complexity index is 1050. The van der Waals surface area contributed by atoms with E-state index in [2.05, 4.69) is 25.4 Å². The van der Waals surface area contributed by atoms with Crippen molar-refractivity contribution < 1.29 is 19.1 Å². The van der Waals surface area contributed by atoms with E-state index in [0.29, 0.717) is 12.2 Å². The van der Waals surface area contributed by atoms with Gasteiger partial charge >= 0.3 is 0 Å². The predicted octanol–water partition coefficient (Wildman–Crippen LogP) is 1.72. The monoisotopic (exact) mass is 489 g/mol. The minimum Gasteiger partial charge on any atom is -0.367 e. The summed E-state index contributed by atoms with van der Waals surface area (Å²) in [6.07, 6.45) is 6.38. The zero-order chi connectivity index (χ0) is 22.9. The molecule has 2 aromatic heterocycles. The summed E-state index contributed by atoms with van der Waals surface area (Å²) in [5.41, 5.74) is 0.641. The minimum absolute atomic E-state index is 0.0281. The number of Topliss-reactive ketones (excluding diaryl/α,β-unsaturated/α-hetero) is 2. The van der Waals surface area contributed by atoms with Crippen molar-refractivity contribution in [2.75, 3.05) is 19.7 Å². The average molecular weight is 490 g/mol. The van der Waals surface area contributed by atoms with Gasteiger partial charge in [0.15, 0.2) is 16.6 Å². The van der Waals surface area contributed by atoms with Gasteiger partial charge in [0.05, 0.1) is 28.9 Å². The lowest BCUT2D eigenvalue weighted by molar-refractivity contribution is -0.128. The number of hydrogen-bond acceptors (Lipinski definition) is 9. The predicted molar refractivity (Wildman–Crippen MR) is 121 cm³/mol. The summed E-state index contributed by atoms with van der Waals surface area (Å²) in [5.74, 6) is -0.630. The minimum atomic E-state index is -0.391.